The Kier molecular flexibility index (Phi) is 8.64. The van der Waals surface area contributed by atoms with Gasteiger partial charge < -0.3 is 5.32 Å². The number of hydrogen-bond donors (Lipinski definition) is 1. The average molecular weight is 231 g/mol. The quantitative estimate of drug-likeness (QED) is 0.632. The molecule has 1 N–H and O–H groups in total. The summed E-state index contributed by atoms with van der Waals surface area (Å²) in [7, 11) is 0. The van der Waals surface area contributed by atoms with Crippen LogP contribution in [0.4, 0.5) is 0 Å². The third-order valence-electron chi connectivity index (χ3n) is 2.31. The van der Waals surface area contributed by atoms with E-state index in [-0.39, 0.29) is 0 Å². The fourth-order valence-corrected chi connectivity index (χ4v) is 2.38. The van der Waals surface area contributed by atoms with Crippen LogP contribution in [0.15, 0.2) is 0 Å². The van der Waals surface area contributed by atoms with Gasteiger partial charge in [0.05, 0.1) is 0 Å². The molecule has 0 aliphatic rings. The number of thioether (sulfide) groups is 1. The van der Waals surface area contributed by atoms with Gasteiger partial charge in [0.1, 0.15) is 0 Å². The molecular weight excluding hydrogens is 202 g/mol. The summed E-state index contributed by atoms with van der Waals surface area (Å²) in [6, 6.07) is 0.699. The molecular formula is C13H29NS. The molecule has 1 atom stereocenters. The molecule has 0 aromatic rings. The number of hydrogen-bond acceptors (Lipinski definition) is 2. The minimum Gasteiger partial charge on any atom is -0.314 e. The van der Waals surface area contributed by atoms with E-state index in [1.165, 1.54) is 31.4 Å². The first-order valence-corrected chi connectivity index (χ1v) is 7.31. The zero-order valence-electron chi connectivity index (χ0n) is 11.2. The summed E-state index contributed by atoms with van der Waals surface area (Å²) < 4.78 is 0.437. The van der Waals surface area contributed by atoms with Gasteiger partial charge in [-0.2, -0.15) is 11.8 Å². The van der Waals surface area contributed by atoms with Crippen molar-refractivity contribution in [2.45, 2.75) is 71.1 Å². The summed E-state index contributed by atoms with van der Waals surface area (Å²) in [5.74, 6) is 1.31. The van der Waals surface area contributed by atoms with Gasteiger partial charge in [-0.05, 0) is 38.5 Å². The van der Waals surface area contributed by atoms with Crippen LogP contribution < -0.4 is 5.32 Å². The molecule has 0 aliphatic carbocycles. The highest BCUT2D eigenvalue weighted by molar-refractivity contribution is 8.00. The van der Waals surface area contributed by atoms with E-state index < -0.39 is 0 Å². The van der Waals surface area contributed by atoms with E-state index in [0.717, 1.165) is 6.54 Å². The first-order valence-electron chi connectivity index (χ1n) is 6.33. The number of unbranched alkanes of at least 4 members (excludes halogenated alkanes) is 1. The SMILES string of the molecule is CCCNC(C)CCCCSC(C)(C)C. The molecule has 92 valence electrons. The minimum atomic E-state index is 0.437. The molecule has 2 heteroatoms. The van der Waals surface area contributed by atoms with Crippen LogP contribution in [0.5, 0.6) is 0 Å². The zero-order chi connectivity index (χ0) is 11.7. The predicted octanol–water partition coefficient (Wildman–Crippen LogP) is 4.08. The standard InChI is InChI=1S/C13H29NS/c1-6-10-14-12(2)9-7-8-11-15-13(3,4)5/h12,14H,6-11H2,1-5H3. The Morgan fingerprint density at radius 3 is 2.40 bits per heavy atom. The largest absolute Gasteiger partial charge is 0.314 e. The summed E-state index contributed by atoms with van der Waals surface area (Å²) >= 11 is 2.08. The lowest BCUT2D eigenvalue weighted by Crippen LogP contribution is -2.26. The van der Waals surface area contributed by atoms with Crippen molar-refractivity contribution in [3.05, 3.63) is 0 Å². The van der Waals surface area contributed by atoms with E-state index in [9.17, 15) is 0 Å². The van der Waals surface area contributed by atoms with Gasteiger partial charge >= 0.3 is 0 Å². The molecule has 0 bridgehead atoms. The number of nitrogens with one attached hydrogen (secondary N) is 1. The van der Waals surface area contributed by atoms with Crippen molar-refractivity contribution in [1.29, 1.82) is 0 Å². The molecule has 0 radical (unpaired) electrons. The topological polar surface area (TPSA) is 12.0 Å². The van der Waals surface area contributed by atoms with Crippen molar-refractivity contribution >= 4 is 11.8 Å². The van der Waals surface area contributed by atoms with Gasteiger partial charge in [-0.15, -0.1) is 0 Å². The minimum absolute atomic E-state index is 0.437. The Hall–Kier alpha value is 0.310. The Balaban J connectivity index is 3.23. The molecule has 0 fully saturated rings. The molecule has 0 aromatic heterocycles. The first-order chi connectivity index (χ1) is 6.95. The van der Waals surface area contributed by atoms with Gasteiger partial charge in [-0.25, -0.2) is 0 Å². The van der Waals surface area contributed by atoms with Crippen LogP contribution in [0.1, 0.15) is 60.3 Å². The third-order valence-corrected chi connectivity index (χ3v) is 3.67. The molecule has 0 spiro atoms. The van der Waals surface area contributed by atoms with E-state index in [4.69, 9.17) is 0 Å². The van der Waals surface area contributed by atoms with Gasteiger partial charge in [0, 0.05) is 10.8 Å². The maximum atomic E-state index is 3.53. The van der Waals surface area contributed by atoms with Crippen molar-refractivity contribution < 1.29 is 0 Å². The Bertz CT molecular complexity index is 140. The summed E-state index contributed by atoms with van der Waals surface area (Å²) in [6.45, 7) is 12.6. The van der Waals surface area contributed by atoms with Crippen molar-refractivity contribution in [2.75, 3.05) is 12.3 Å². The maximum Gasteiger partial charge on any atom is 0.00750 e. The summed E-state index contributed by atoms with van der Waals surface area (Å²) in [5, 5.41) is 3.53. The zero-order valence-corrected chi connectivity index (χ0v) is 12.0. The fraction of sp³-hybridized carbons (Fsp3) is 1.00. The summed E-state index contributed by atoms with van der Waals surface area (Å²) in [4.78, 5) is 0. The molecule has 0 aliphatic heterocycles. The molecule has 0 saturated heterocycles. The smallest absolute Gasteiger partial charge is 0.00750 e. The average Bonchev–Trinajstić information content (AvgIpc) is 2.12. The van der Waals surface area contributed by atoms with Crippen LogP contribution in [0.2, 0.25) is 0 Å². The van der Waals surface area contributed by atoms with Crippen LogP contribution in [0, 0.1) is 0 Å². The second-order valence-electron chi connectivity index (χ2n) is 5.31. The van der Waals surface area contributed by atoms with E-state index in [1.807, 2.05) is 0 Å². The molecule has 1 nitrogen and oxygen atoms in total. The van der Waals surface area contributed by atoms with Gasteiger partial charge in [-0.3, -0.25) is 0 Å². The van der Waals surface area contributed by atoms with E-state index in [0.29, 0.717) is 10.8 Å². The third kappa shape index (κ3) is 12.2. The van der Waals surface area contributed by atoms with Crippen LogP contribution in [-0.4, -0.2) is 23.1 Å². The van der Waals surface area contributed by atoms with Crippen LogP contribution in [-0.2, 0) is 0 Å². The van der Waals surface area contributed by atoms with Gasteiger partial charge in [0.25, 0.3) is 0 Å². The molecule has 0 rings (SSSR count). The highest BCUT2D eigenvalue weighted by atomic mass is 32.2. The number of rotatable bonds is 8. The predicted molar refractivity (Wildman–Crippen MR) is 73.8 cm³/mol. The molecule has 1 unspecified atom stereocenters. The maximum absolute atomic E-state index is 3.53. The molecule has 0 amide bonds. The Labute approximate surface area is 101 Å². The lowest BCUT2D eigenvalue weighted by atomic mass is 10.1. The summed E-state index contributed by atoms with van der Waals surface area (Å²) in [6.07, 6.45) is 5.29. The highest BCUT2D eigenvalue weighted by Gasteiger charge is 2.09. The van der Waals surface area contributed by atoms with Crippen molar-refractivity contribution in [3.8, 4) is 0 Å². The molecule has 0 saturated carbocycles. The van der Waals surface area contributed by atoms with E-state index in [2.05, 4.69) is 51.7 Å². The van der Waals surface area contributed by atoms with Gasteiger partial charge in [-0.1, -0.05) is 34.1 Å². The molecule has 15 heavy (non-hydrogen) atoms. The second-order valence-corrected chi connectivity index (χ2v) is 7.23. The lowest BCUT2D eigenvalue weighted by Gasteiger charge is -2.18. The van der Waals surface area contributed by atoms with Crippen molar-refractivity contribution in [3.63, 3.8) is 0 Å². The lowest BCUT2D eigenvalue weighted by molar-refractivity contribution is 0.496. The van der Waals surface area contributed by atoms with Crippen molar-refractivity contribution in [2.24, 2.45) is 0 Å². The van der Waals surface area contributed by atoms with E-state index in [1.54, 1.807) is 0 Å². The van der Waals surface area contributed by atoms with Crippen LogP contribution in [0.25, 0.3) is 0 Å². The van der Waals surface area contributed by atoms with E-state index >= 15 is 0 Å². The monoisotopic (exact) mass is 231 g/mol. The van der Waals surface area contributed by atoms with Crippen LogP contribution >= 0.6 is 11.8 Å². The molecule has 0 aromatic carbocycles. The van der Waals surface area contributed by atoms with Gasteiger partial charge in [0.15, 0.2) is 0 Å². The Morgan fingerprint density at radius 1 is 1.20 bits per heavy atom. The first kappa shape index (κ1) is 15.3. The van der Waals surface area contributed by atoms with Crippen LogP contribution in [0.3, 0.4) is 0 Å². The van der Waals surface area contributed by atoms with Gasteiger partial charge in [0.2, 0.25) is 0 Å². The second kappa shape index (κ2) is 8.46. The van der Waals surface area contributed by atoms with Crippen molar-refractivity contribution in [1.82, 2.24) is 5.32 Å². The fourth-order valence-electron chi connectivity index (χ4n) is 1.42. The Morgan fingerprint density at radius 2 is 1.87 bits per heavy atom. The highest BCUT2D eigenvalue weighted by Crippen LogP contribution is 2.24. The molecule has 0 heterocycles. The summed E-state index contributed by atoms with van der Waals surface area (Å²) in [5.41, 5.74) is 0. The normalized spacial score (nSPS) is 14.2.